The molecule has 1 saturated carbocycles. The Morgan fingerprint density at radius 1 is 1.43 bits per heavy atom. The third-order valence-electron chi connectivity index (χ3n) is 3.83. The summed E-state index contributed by atoms with van der Waals surface area (Å²) in [6.07, 6.45) is 3.69. The van der Waals surface area contributed by atoms with E-state index < -0.39 is 5.54 Å². The maximum atomic E-state index is 11.7. The van der Waals surface area contributed by atoms with Crippen molar-refractivity contribution in [1.29, 1.82) is 0 Å². The lowest BCUT2D eigenvalue weighted by molar-refractivity contribution is -0.173. The van der Waals surface area contributed by atoms with Gasteiger partial charge in [-0.2, -0.15) is 0 Å². The summed E-state index contributed by atoms with van der Waals surface area (Å²) in [6.45, 7) is 1.17. The van der Waals surface area contributed by atoms with Crippen LogP contribution in [0.25, 0.3) is 0 Å². The number of rotatable bonds is 1. The second-order valence-corrected chi connectivity index (χ2v) is 4.40. The van der Waals surface area contributed by atoms with E-state index in [0.717, 1.165) is 19.3 Å². The van der Waals surface area contributed by atoms with Gasteiger partial charge in [-0.15, -0.1) is 0 Å². The van der Waals surface area contributed by atoms with Gasteiger partial charge in [0, 0.05) is 18.4 Å². The monoisotopic (exact) mass is 199 g/mol. The van der Waals surface area contributed by atoms with Crippen LogP contribution in [0.3, 0.4) is 0 Å². The van der Waals surface area contributed by atoms with Crippen molar-refractivity contribution in [3.63, 3.8) is 0 Å². The maximum absolute atomic E-state index is 11.7. The second-order valence-electron chi connectivity index (χ2n) is 4.40. The molecule has 1 aliphatic carbocycles. The van der Waals surface area contributed by atoms with Gasteiger partial charge in [0.05, 0.1) is 13.7 Å². The van der Waals surface area contributed by atoms with Gasteiger partial charge in [-0.05, 0) is 12.8 Å². The molecule has 0 radical (unpaired) electrons. The molecule has 2 N–H and O–H groups in total. The molecule has 1 heterocycles. The van der Waals surface area contributed by atoms with E-state index in [-0.39, 0.29) is 11.4 Å². The Morgan fingerprint density at radius 2 is 2.14 bits per heavy atom. The van der Waals surface area contributed by atoms with Gasteiger partial charge in [0.2, 0.25) is 0 Å². The summed E-state index contributed by atoms with van der Waals surface area (Å²) in [5.41, 5.74) is 5.25. The van der Waals surface area contributed by atoms with Gasteiger partial charge in [0.15, 0.2) is 0 Å². The van der Waals surface area contributed by atoms with Crippen LogP contribution in [0.2, 0.25) is 0 Å². The van der Waals surface area contributed by atoms with Gasteiger partial charge in [0.25, 0.3) is 0 Å². The predicted octanol–water partition coefficient (Wildman–Crippen LogP) is 0.447. The Bertz CT molecular complexity index is 250. The highest BCUT2D eigenvalue weighted by Gasteiger charge is 2.59. The fourth-order valence-electron chi connectivity index (χ4n) is 2.59. The number of carbonyl (C=O) groups is 1. The largest absolute Gasteiger partial charge is 0.468 e. The van der Waals surface area contributed by atoms with E-state index >= 15 is 0 Å². The smallest absolute Gasteiger partial charge is 0.326 e. The number of esters is 1. The lowest BCUT2D eigenvalue weighted by Crippen LogP contribution is -2.68. The summed E-state index contributed by atoms with van der Waals surface area (Å²) in [6, 6.07) is 0. The summed E-state index contributed by atoms with van der Waals surface area (Å²) in [5, 5.41) is 0. The Kier molecular flexibility index (Phi) is 2.27. The van der Waals surface area contributed by atoms with Crippen LogP contribution < -0.4 is 5.73 Å². The minimum Gasteiger partial charge on any atom is -0.468 e. The molecule has 0 bridgehead atoms. The molecule has 1 aliphatic heterocycles. The van der Waals surface area contributed by atoms with Crippen molar-refractivity contribution < 1.29 is 14.3 Å². The van der Waals surface area contributed by atoms with E-state index in [2.05, 4.69) is 0 Å². The zero-order valence-electron chi connectivity index (χ0n) is 8.54. The van der Waals surface area contributed by atoms with E-state index in [0.29, 0.717) is 19.6 Å². The molecule has 4 heteroatoms. The normalized spacial score (nSPS) is 35.0. The molecule has 0 aromatic carbocycles. The lowest BCUT2D eigenvalue weighted by atomic mass is 9.56. The Balaban J connectivity index is 2.24. The summed E-state index contributed by atoms with van der Waals surface area (Å²) < 4.78 is 10.2. The minimum absolute atomic E-state index is 0.141. The molecule has 1 saturated heterocycles. The molecule has 4 nitrogen and oxygen atoms in total. The average Bonchev–Trinajstić information content (AvgIpc) is 2.14. The summed E-state index contributed by atoms with van der Waals surface area (Å²) in [4.78, 5) is 11.7. The first-order valence-corrected chi connectivity index (χ1v) is 5.10. The lowest BCUT2D eigenvalue weighted by Gasteiger charge is -2.54. The average molecular weight is 199 g/mol. The molecular weight excluding hydrogens is 182 g/mol. The number of hydrogen-bond acceptors (Lipinski definition) is 4. The van der Waals surface area contributed by atoms with E-state index in [4.69, 9.17) is 15.2 Å². The van der Waals surface area contributed by atoms with E-state index in [1.54, 1.807) is 0 Å². The van der Waals surface area contributed by atoms with Crippen molar-refractivity contribution in [3.05, 3.63) is 0 Å². The molecule has 80 valence electrons. The van der Waals surface area contributed by atoms with E-state index in [1.165, 1.54) is 7.11 Å². The zero-order chi connectivity index (χ0) is 10.2. The third-order valence-corrected chi connectivity index (χ3v) is 3.83. The van der Waals surface area contributed by atoms with Crippen LogP contribution in [-0.2, 0) is 14.3 Å². The van der Waals surface area contributed by atoms with Crippen LogP contribution in [0, 0.1) is 5.41 Å². The highest BCUT2D eigenvalue weighted by Crippen LogP contribution is 2.52. The predicted molar refractivity (Wildman–Crippen MR) is 50.7 cm³/mol. The van der Waals surface area contributed by atoms with E-state index in [1.807, 2.05) is 0 Å². The third kappa shape index (κ3) is 1.10. The molecule has 1 spiro atoms. The molecule has 0 aromatic heterocycles. The molecule has 1 unspecified atom stereocenters. The van der Waals surface area contributed by atoms with Crippen molar-refractivity contribution in [1.82, 2.24) is 0 Å². The molecule has 0 amide bonds. The van der Waals surface area contributed by atoms with Gasteiger partial charge in [0.1, 0.15) is 5.54 Å². The topological polar surface area (TPSA) is 61.5 Å². The fourth-order valence-corrected chi connectivity index (χ4v) is 2.59. The molecule has 2 rings (SSSR count). The van der Waals surface area contributed by atoms with Crippen molar-refractivity contribution in [2.45, 2.75) is 31.2 Å². The van der Waals surface area contributed by atoms with E-state index in [9.17, 15) is 4.79 Å². The van der Waals surface area contributed by atoms with Crippen LogP contribution in [0.4, 0.5) is 0 Å². The summed E-state index contributed by atoms with van der Waals surface area (Å²) in [7, 11) is 1.40. The Labute approximate surface area is 83.7 Å². The SMILES string of the molecule is COC(=O)C1(N)CCOCC12CCC2. The molecule has 14 heavy (non-hydrogen) atoms. The number of nitrogens with two attached hydrogens (primary N) is 1. The van der Waals surface area contributed by atoms with Gasteiger partial charge in [-0.25, -0.2) is 0 Å². The highest BCUT2D eigenvalue weighted by molar-refractivity contribution is 5.82. The van der Waals surface area contributed by atoms with Crippen molar-refractivity contribution in [3.8, 4) is 0 Å². The molecule has 1 atom stereocenters. The number of ether oxygens (including phenoxy) is 2. The maximum Gasteiger partial charge on any atom is 0.326 e. The van der Waals surface area contributed by atoms with Gasteiger partial charge < -0.3 is 15.2 Å². The quantitative estimate of drug-likeness (QED) is 0.623. The fraction of sp³-hybridized carbons (Fsp3) is 0.900. The highest BCUT2D eigenvalue weighted by atomic mass is 16.5. The van der Waals surface area contributed by atoms with Gasteiger partial charge in [-0.3, -0.25) is 4.79 Å². The zero-order valence-corrected chi connectivity index (χ0v) is 8.54. The Morgan fingerprint density at radius 3 is 2.64 bits per heavy atom. The van der Waals surface area contributed by atoms with Crippen LogP contribution >= 0.6 is 0 Å². The van der Waals surface area contributed by atoms with Crippen LogP contribution in [-0.4, -0.2) is 31.8 Å². The Hall–Kier alpha value is -0.610. The number of hydrogen-bond donors (Lipinski definition) is 1. The van der Waals surface area contributed by atoms with Crippen LogP contribution in [0.5, 0.6) is 0 Å². The standard InChI is InChI=1S/C10H17NO3/c1-13-8(12)10(11)5-6-14-7-9(10)3-2-4-9/h2-7,11H2,1H3. The molecule has 2 aliphatic rings. The number of methoxy groups -OCH3 is 1. The van der Waals surface area contributed by atoms with Gasteiger partial charge in [-0.1, -0.05) is 6.42 Å². The molecule has 0 aromatic rings. The van der Waals surface area contributed by atoms with Crippen molar-refractivity contribution in [2.24, 2.45) is 11.1 Å². The first-order valence-electron chi connectivity index (χ1n) is 5.10. The van der Waals surface area contributed by atoms with Crippen LogP contribution in [0.15, 0.2) is 0 Å². The summed E-state index contributed by atoms with van der Waals surface area (Å²) >= 11 is 0. The first-order chi connectivity index (χ1) is 6.65. The summed E-state index contributed by atoms with van der Waals surface area (Å²) in [5.74, 6) is -0.277. The first kappa shape index (κ1) is 9.93. The molecular formula is C10H17NO3. The molecule has 2 fully saturated rings. The number of carbonyl (C=O) groups excluding carboxylic acids is 1. The van der Waals surface area contributed by atoms with Crippen molar-refractivity contribution in [2.75, 3.05) is 20.3 Å². The minimum atomic E-state index is -0.807. The second kappa shape index (κ2) is 3.21. The van der Waals surface area contributed by atoms with Crippen LogP contribution in [0.1, 0.15) is 25.7 Å². The van der Waals surface area contributed by atoms with Gasteiger partial charge >= 0.3 is 5.97 Å². The van der Waals surface area contributed by atoms with Crippen molar-refractivity contribution >= 4 is 5.97 Å².